The number of rotatable bonds is 5. The fourth-order valence-corrected chi connectivity index (χ4v) is 2.83. The van der Waals surface area contributed by atoms with Crippen LogP contribution in [0.15, 0.2) is 59.5 Å². The Morgan fingerprint density at radius 2 is 1.60 bits per heavy atom. The highest BCUT2D eigenvalue weighted by Gasteiger charge is 2.16. The number of hydrogen-bond donors (Lipinski definition) is 1. The Hall–Kier alpha value is -1.98. The summed E-state index contributed by atoms with van der Waals surface area (Å²) in [5.41, 5.74) is 1.36. The smallest absolute Gasteiger partial charge is 0.240 e. The van der Waals surface area contributed by atoms with Crippen LogP contribution in [0.1, 0.15) is 15.9 Å². The van der Waals surface area contributed by atoms with E-state index in [9.17, 15) is 13.2 Å². The molecular formula is C15H15NO3S. The molecule has 0 aromatic heterocycles. The van der Waals surface area contributed by atoms with Crippen molar-refractivity contribution in [2.24, 2.45) is 0 Å². The van der Waals surface area contributed by atoms with Crippen molar-refractivity contribution in [3.63, 3.8) is 0 Å². The lowest BCUT2D eigenvalue weighted by atomic mass is 10.1. The monoisotopic (exact) mass is 289 g/mol. The van der Waals surface area contributed by atoms with Gasteiger partial charge < -0.3 is 0 Å². The van der Waals surface area contributed by atoms with Crippen LogP contribution in [0, 0.1) is 6.92 Å². The standard InChI is InChI=1S/C15H15NO3S/c1-12-7-5-6-10-14(12)15(17)11-16-20(18,19)13-8-3-2-4-9-13/h2-10,16H,11H2,1H3. The molecule has 2 aromatic rings. The fourth-order valence-electron chi connectivity index (χ4n) is 1.82. The second-order valence-corrected chi connectivity index (χ2v) is 6.14. The van der Waals surface area contributed by atoms with Crippen LogP contribution in [0.3, 0.4) is 0 Å². The van der Waals surface area contributed by atoms with Crippen molar-refractivity contribution < 1.29 is 13.2 Å². The molecule has 0 spiro atoms. The quantitative estimate of drug-likeness (QED) is 0.858. The number of sulfonamides is 1. The Morgan fingerprint density at radius 1 is 1.00 bits per heavy atom. The van der Waals surface area contributed by atoms with Gasteiger partial charge in [-0.1, -0.05) is 42.5 Å². The van der Waals surface area contributed by atoms with Crippen LogP contribution >= 0.6 is 0 Å². The van der Waals surface area contributed by atoms with Gasteiger partial charge in [-0.05, 0) is 24.6 Å². The van der Waals surface area contributed by atoms with Crippen molar-refractivity contribution in [3.05, 3.63) is 65.7 Å². The summed E-state index contributed by atoms with van der Waals surface area (Å²) in [5.74, 6) is -0.248. The molecule has 0 bridgehead atoms. The minimum Gasteiger partial charge on any atom is -0.293 e. The molecule has 0 radical (unpaired) electrons. The van der Waals surface area contributed by atoms with E-state index in [0.29, 0.717) is 5.56 Å². The average Bonchev–Trinajstić information content (AvgIpc) is 2.46. The van der Waals surface area contributed by atoms with Gasteiger partial charge in [0.1, 0.15) is 0 Å². The number of carbonyl (C=O) groups excluding carboxylic acids is 1. The Bertz CT molecular complexity index is 709. The molecule has 104 valence electrons. The van der Waals surface area contributed by atoms with Crippen LogP contribution in [0.5, 0.6) is 0 Å². The van der Waals surface area contributed by atoms with E-state index in [4.69, 9.17) is 0 Å². The van der Waals surface area contributed by atoms with E-state index in [1.807, 2.05) is 19.1 Å². The van der Waals surface area contributed by atoms with E-state index < -0.39 is 10.0 Å². The Morgan fingerprint density at radius 3 is 2.25 bits per heavy atom. The molecule has 20 heavy (non-hydrogen) atoms. The normalized spacial score (nSPS) is 11.2. The molecule has 0 aliphatic heterocycles. The average molecular weight is 289 g/mol. The summed E-state index contributed by atoms with van der Waals surface area (Å²) < 4.78 is 26.3. The minimum absolute atomic E-state index is 0.151. The van der Waals surface area contributed by atoms with Gasteiger partial charge >= 0.3 is 0 Å². The highest BCUT2D eigenvalue weighted by Crippen LogP contribution is 2.09. The van der Waals surface area contributed by atoms with Crippen molar-refractivity contribution in [2.75, 3.05) is 6.54 Å². The number of nitrogens with one attached hydrogen (secondary N) is 1. The summed E-state index contributed by atoms with van der Waals surface area (Å²) in [5, 5.41) is 0. The largest absolute Gasteiger partial charge is 0.293 e. The van der Waals surface area contributed by atoms with Crippen molar-refractivity contribution in [3.8, 4) is 0 Å². The molecule has 5 heteroatoms. The lowest BCUT2D eigenvalue weighted by molar-refractivity contribution is 0.0996. The topological polar surface area (TPSA) is 63.2 Å². The summed E-state index contributed by atoms with van der Waals surface area (Å²) in [4.78, 5) is 12.2. The fraction of sp³-hybridized carbons (Fsp3) is 0.133. The van der Waals surface area contributed by atoms with Crippen LogP contribution in [-0.2, 0) is 10.0 Å². The third kappa shape index (κ3) is 3.31. The van der Waals surface area contributed by atoms with Crippen molar-refractivity contribution in [2.45, 2.75) is 11.8 Å². The first-order valence-corrected chi connectivity index (χ1v) is 7.62. The third-order valence-electron chi connectivity index (χ3n) is 2.92. The Balaban J connectivity index is 2.10. The molecule has 0 heterocycles. The summed E-state index contributed by atoms with van der Waals surface area (Å²) in [7, 11) is -3.65. The first-order chi connectivity index (χ1) is 9.50. The number of benzene rings is 2. The number of carbonyl (C=O) groups is 1. The predicted octanol–water partition coefficient (Wildman–Crippen LogP) is 2.16. The highest BCUT2D eigenvalue weighted by atomic mass is 32.2. The van der Waals surface area contributed by atoms with Crippen molar-refractivity contribution in [1.82, 2.24) is 4.72 Å². The predicted molar refractivity (Wildman–Crippen MR) is 77.1 cm³/mol. The molecule has 0 fully saturated rings. The highest BCUT2D eigenvalue weighted by molar-refractivity contribution is 7.89. The molecule has 0 amide bonds. The first-order valence-electron chi connectivity index (χ1n) is 6.14. The Kier molecular flexibility index (Phi) is 4.32. The van der Waals surface area contributed by atoms with Crippen LogP contribution in [0.2, 0.25) is 0 Å². The zero-order valence-corrected chi connectivity index (χ0v) is 11.9. The summed E-state index contributed by atoms with van der Waals surface area (Å²) >= 11 is 0. The lowest BCUT2D eigenvalue weighted by Gasteiger charge is -2.07. The van der Waals surface area contributed by atoms with Gasteiger partial charge in [0, 0.05) is 5.56 Å². The minimum atomic E-state index is -3.65. The van der Waals surface area contributed by atoms with Gasteiger partial charge in [-0.25, -0.2) is 13.1 Å². The second-order valence-electron chi connectivity index (χ2n) is 4.38. The van der Waals surface area contributed by atoms with Crippen LogP contribution < -0.4 is 4.72 Å². The maximum absolute atomic E-state index is 12.0. The van der Waals surface area contributed by atoms with Crippen molar-refractivity contribution >= 4 is 15.8 Å². The van der Waals surface area contributed by atoms with E-state index in [1.54, 1.807) is 30.3 Å². The van der Waals surface area contributed by atoms with Gasteiger partial charge in [0.25, 0.3) is 0 Å². The van der Waals surface area contributed by atoms with Gasteiger partial charge in [-0.2, -0.15) is 0 Å². The van der Waals surface area contributed by atoms with Gasteiger partial charge in [0.05, 0.1) is 11.4 Å². The number of Topliss-reactive ketones (excluding diaryl/α,β-unsaturated/α-hetero) is 1. The maximum atomic E-state index is 12.0. The van der Waals surface area contributed by atoms with Crippen LogP contribution in [0.25, 0.3) is 0 Å². The molecular weight excluding hydrogens is 274 g/mol. The second kappa shape index (κ2) is 5.98. The van der Waals surface area contributed by atoms with Crippen LogP contribution in [0.4, 0.5) is 0 Å². The van der Waals surface area contributed by atoms with Crippen LogP contribution in [-0.4, -0.2) is 20.7 Å². The molecule has 0 saturated heterocycles. The lowest BCUT2D eigenvalue weighted by Crippen LogP contribution is -2.29. The van der Waals surface area contributed by atoms with E-state index in [2.05, 4.69) is 4.72 Å². The van der Waals surface area contributed by atoms with Gasteiger partial charge in [0.15, 0.2) is 5.78 Å². The SMILES string of the molecule is Cc1ccccc1C(=O)CNS(=O)(=O)c1ccccc1. The molecule has 2 rings (SSSR count). The summed E-state index contributed by atoms with van der Waals surface area (Å²) in [6.45, 7) is 1.57. The molecule has 2 aromatic carbocycles. The van der Waals surface area contributed by atoms with E-state index in [-0.39, 0.29) is 17.2 Å². The molecule has 0 aliphatic rings. The molecule has 4 nitrogen and oxygen atoms in total. The Labute approximate surface area is 118 Å². The van der Waals surface area contributed by atoms with Gasteiger partial charge in [0.2, 0.25) is 10.0 Å². The first kappa shape index (κ1) is 14.4. The zero-order valence-electron chi connectivity index (χ0n) is 11.0. The molecule has 0 saturated carbocycles. The molecule has 0 aliphatic carbocycles. The number of ketones is 1. The number of hydrogen-bond acceptors (Lipinski definition) is 3. The number of aryl methyl sites for hydroxylation is 1. The summed E-state index contributed by atoms with van der Waals surface area (Å²) in [6, 6.07) is 15.1. The molecule has 0 unspecified atom stereocenters. The van der Waals surface area contributed by atoms with E-state index >= 15 is 0 Å². The molecule has 0 atom stereocenters. The van der Waals surface area contributed by atoms with E-state index in [0.717, 1.165) is 5.56 Å². The maximum Gasteiger partial charge on any atom is 0.240 e. The van der Waals surface area contributed by atoms with Gasteiger partial charge in [-0.3, -0.25) is 4.79 Å². The van der Waals surface area contributed by atoms with Gasteiger partial charge in [-0.15, -0.1) is 0 Å². The zero-order chi connectivity index (χ0) is 14.6. The summed E-state index contributed by atoms with van der Waals surface area (Å²) in [6.07, 6.45) is 0. The third-order valence-corrected chi connectivity index (χ3v) is 4.34. The van der Waals surface area contributed by atoms with Crippen molar-refractivity contribution in [1.29, 1.82) is 0 Å². The molecule has 1 N–H and O–H groups in total. The van der Waals surface area contributed by atoms with E-state index in [1.165, 1.54) is 12.1 Å².